The highest BCUT2D eigenvalue weighted by Crippen LogP contribution is 2.37. The van der Waals surface area contributed by atoms with E-state index in [1.54, 1.807) is 0 Å². The Morgan fingerprint density at radius 3 is 2.18 bits per heavy atom. The third-order valence-electron chi connectivity index (χ3n) is 7.58. The van der Waals surface area contributed by atoms with Gasteiger partial charge in [0.2, 0.25) is 5.91 Å². The van der Waals surface area contributed by atoms with Crippen LogP contribution < -0.4 is 0 Å². The third-order valence-corrected chi connectivity index (χ3v) is 7.58. The maximum atomic E-state index is 13.5. The summed E-state index contributed by atoms with van der Waals surface area (Å²) in [6.07, 6.45) is -2.13. The molecule has 1 aromatic heterocycles. The van der Waals surface area contributed by atoms with Crippen molar-refractivity contribution in [3.8, 4) is 0 Å². The zero-order chi connectivity index (χ0) is 26.7. The summed E-state index contributed by atoms with van der Waals surface area (Å²) in [5, 5.41) is 1.01. The molecule has 0 bridgehead atoms. The second-order valence-electron chi connectivity index (χ2n) is 9.91. The predicted molar refractivity (Wildman–Crippen MR) is 144 cm³/mol. The predicted octanol–water partition coefficient (Wildman–Crippen LogP) is 6.39. The van der Waals surface area contributed by atoms with Gasteiger partial charge < -0.3 is 14.4 Å². The van der Waals surface area contributed by atoms with Crippen LogP contribution in [0.4, 0.5) is 13.2 Å². The first-order valence-electron chi connectivity index (χ1n) is 13.1. The minimum Gasteiger partial charge on any atom is -0.343 e. The third kappa shape index (κ3) is 5.63. The van der Waals surface area contributed by atoms with Gasteiger partial charge in [-0.05, 0) is 41.4 Å². The number of hydrogen-bond acceptors (Lipinski definition) is 2. The fourth-order valence-electron chi connectivity index (χ4n) is 5.39. The van der Waals surface area contributed by atoms with Crippen LogP contribution in [0.1, 0.15) is 41.5 Å². The van der Waals surface area contributed by atoms with Gasteiger partial charge in [-0.3, -0.25) is 4.79 Å². The molecular weight excluding hydrogens is 487 g/mol. The molecule has 198 valence electrons. The molecule has 0 N–H and O–H groups in total. The van der Waals surface area contributed by atoms with E-state index in [2.05, 4.69) is 40.8 Å². The van der Waals surface area contributed by atoms with Crippen LogP contribution in [0.3, 0.4) is 0 Å². The lowest BCUT2D eigenvalue weighted by atomic mass is 9.87. The summed E-state index contributed by atoms with van der Waals surface area (Å²) in [7, 11) is 0. The number of carbonyl (C=O) groups is 1. The number of nitrogens with zero attached hydrogens (tertiary/aromatic N) is 3. The fourth-order valence-corrected chi connectivity index (χ4v) is 5.39. The molecule has 5 rings (SSSR count). The average Bonchev–Trinajstić information content (AvgIpc) is 3.29. The monoisotopic (exact) mass is 519 g/mol. The highest BCUT2D eigenvalue weighted by Gasteiger charge is 2.31. The number of likely N-dealkylation sites (N-methyl/N-ethyl adjacent to an activating group) is 1. The molecule has 1 amide bonds. The zero-order valence-corrected chi connectivity index (χ0v) is 21.5. The number of fused-ring (bicyclic) bond motifs is 1. The minimum absolute atomic E-state index is 0.0329. The number of amides is 1. The van der Waals surface area contributed by atoms with Crippen LogP contribution in [0.2, 0.25) is 0 Å². The van der Waals surface area contributed by atoms with Crippen LogP contribution in [-0.4, -0.2) is 53.0 Å². The first-order chi connectivity index (χ1) is 18.3. The molecule has 1 atom stereocenters. The van der Waals surface area contributed by atoms with Crippen LogP contribution in [0.15, 0.2) is 85.1 Å². The molecule has 0 unspecified atom stereocenters. The Hall–Kier alpha value is -3.58. The van der Waals surface area contributed by atoms with Gasteiger partial charge in [0.1, 0.15) is 0 Å². The summed E-state index contributed by atoms with van der Waals surface area (Å²) < 4.78 is 42.1. The van der Waals surface area contributed by atoms with Crippen molar-refractivity contribution >= 4 is 16.8 Å². The van der Waals surface area contributed by atoms with Gasteiger partial charge in [-0.2, -0.15) is 13.2 Å². The standard InChI is InChI=1S/C31H32F3N3O/c1-2-35-16-18-36(19-17-35)30(38)20-27(24-12-14-25(15-13-24)31(32,33)34)28-22-37(21-23-8-4-3-5-9-23)29-11-7-6-10-26(28)29/h3-15,22,27H,2,16-21H2,1H3/t27-/m1/s1. The molecule has 0 aliphatic carbocycles. The molecule has 1 aliphatic rings. The highest BCUT2D eigenvalue weighted by molar-refractivity contribution is 5.87. The molecule has 0 spiro atoms. The van der Waals surface area contributed by atoms with E-state index < -0.39 is 11.7 Å². The molecule has 3 aromatic carbocycles. The Morgan fingerprint density at radius 2 is 1.53 bits per heavy atom. The van der Waals surface area contributed by atoms with E-state index in [1.165, 1.54) is 12.1 Å². The normalized spacial score (nSPS) is 15.6. The Bertz CT molecular complexity index is 1370. The van der Waals surface area contributed by atoms with E-state index in [1.807, 2.05) is 41.3 Å². The van der Waals surface area contributed by atoms with Crippen LogP contribution in [-0.2, 0) is 17.5 Å². The smallest absolute Gasteiger partial charge is 0.343 e. The first-order valence-corrected chi connectivity index (χ1v) is 13.1. The minimum atomic E-state index is -4.41. The van der Waals surface area contributed by atoms with Crippen molar-refractivity contribution in [2.24, 2.45) is 0 Å². The Labute approximate surface area is 221 Å². The molecule has 0 radical (unpaired) electrons. The van der Waals surface area contributed by atoms with Gasteiger partial charge >= 0.3 is 6.18 Å². The van der Waals surface area contributed by atoms with Crippen molar-refractivity contribution in [2.45, 2.75) is 32.0 Å². The molecule has 4 nitrogen and oxygen atoms in total. The summed E-state index contributed by atoms with van der Waals surface area (Å²) in [4.78, 5) is 17.7. The fraction of sp³-hybridized carbons (Fsp3) is 0.323. The number of rotatable bonds is 7. The van der Waals surface area contributed by atoms with E-state index >= 15 is 0 Å². The summed E-state index contributed by atoms with van der Waals surface area (Å²) in [5.41, 5.74) is 3.16. The summed E-state index contributed by atoms with van der Waals surface area (Å²) in [5.74, 6) is -0.332. The van der Waals surface area contributed by atoms with Crippen molar-refractivity contribution < 1.29 is 18.0 Å². The van der Waals surface area contributed by atoms with Gasteiger partial charge in [-0.15, -0.1) is 0 Å². The molecule has 1 aliphatic heterocycles. The van der Waals surface area contributed by atoms with Crippen molar-refractivity contribution in [3.05, 3.63) is 107 Å². The van der Waals surface area contributed by atoms with Crippen LogP contribution in [0, 0.1) is 0 Å². The first kappa shape index (κ1) is 26.0. The number of halogens is 3. The lowest BCUT2D eigenvalue weighted by molar-refractivity contribution is -0.137. The summed E-state index contributed by atoms with van der Waals surface area (Å²) in [6, 6.07) is 23.5. The number of benzene rings is 3. The molecule has 2 heterocycles. The Balaban J connectivity index is 1.53. The maximum absolute atomic E-state index is 13.5. The maximum Gasteiger partial charge on any atom is 0.416 e. The summed E-state index contributed by atoms with van der Waals surface area (Å²) in [6.45, 7) is 6.74. The average molecular weight is 520 g/mol. The second kappa shape index (κ2) is 11.0. The number of carbonyl (C=O) groups excluding carboxylic acids is 1. The zero-order valence-electron chi connectivity index (χ0n) is 21.5. The van der Waals surface area contributed by atoms with Gasteiger partial charge in [0.05, 0.1) is 5.56 Å². The highest BCUT2D eigenvalue weighted by atomic mass is 19.4. The molecular formula is C31H32F3N3O. The number of hydrogen-bond donors (Lipinski definition) is 0. The number of para-hydroxylation sites is 1. The molecule has 7 heteroatoms. The van der Waals surface area contributed by atoms with E-state index in [-0.39, 0.29) is 18.2 Å². The number of alkyl halides is 3. The van der Waals surface area contributed by atoms with Crippen molar-refractivity contribution in [1.82, 2.24) is 14.4 Å². The van der Waals surface area contributed by atoms with Gasteiger partial charge in [0, 0.05) is 62.2 Å². The van der Waals surface area contributed by atoms with E-state index in [0.29, 0.717) is 25.2 Å². The van der Waals surface area contributed by atoms with Crippen LogP contribution >= 0.6 is 0 Å². The largest absolute Gasteiger partial charge is 0.416 e. The van der Waals surface area contributed by atoms with Gasteiger partial charge in [-0.25, -0.2) is 0 Å². The van der Waals surface area contributed by atoms with E-state index in [0.717, 1.165) is 53.8 Å². The van der Waals surface area contributed by atoms with Crippen molar-refractivity contribution in [2.75, 3.05) is 32.7 Å². The van der Waals surface area contributed by atoms with E-state index in [9.17, 15) is 18.0 Å². The van der Waals surface area contributed by atoms with Crippen molar-refractivity contribution in [3.63, 3.8) is 0 Å². The molecule has 38 heavy (non-hydrogen) atoms. The molecule has 1 fully saturated rings. The SMILES string of the molecule is CCN1CCN(C(=O)C[C@H](c2ccc(C(F)(F)F)cc2)c2cn(Cc3ccccc3)c3ccccc23)CC1. The van der Waals surface area contributed by atoms with Crippen LogP contribution in [0.25, 0.3) is 10.9 Å². The van der Waals surface area contributed by atoms with E-state index in [4.69, 9.17) is 0 Å². The number of piperazine rings is 1. The second-order valence-corrected chi connectivity index (χ2v) is 9.91. The lowest BCUT2D eigenvalue weighted by Gasteiger charge is -2.35. The molecule has 1 saturated heterocycles. The topological polar surface area (TPSA) is 28.5 Å². The van der Waals surface area contributed by atoms with Crippen molar-refractivity contribution in [1.29, 1.82) is 0 Å². The summed E-state index contributed by atoms with van der Waals surface area (Å²) >= 11 is 0. The van der Waals surface area contributed by atoms with Gasteiger partial charge in [0.15, 0.2) is 0 Å². The Kier molecular flexibility index (Phi) is 7.56. The van der Waals surface area contributed by atoms with Gasteiger partial charge in [-0.1, -0.05) is 67.6 Å². The van der Waals surface area contributed by atoms with Gasteiger partial charge in [0.25, 0.3) is 0 Å². The molecule has 0 saturated carbocycles. The Morgan fingerprint density at radius 1 is 0.868 bits per heavy atom. The van der Waals surface area contributed by atoms with Crippen LogP contribution in [0.5, 0.6) is 0 Å². The molecule has 4 aromatic rings. The lowest BCUT2D eigenvalue weighted by Crippen LogP contribution is -2.48. The number of aromatic nitrogens is 1. The quantitative estimate of drug-likeness (QED) is 0.283.